The van der Waals surface area contributed by atoms with Crippen LogP contribution in [-0.2, 0) is 9.47 Å². The Morgan fingerprint density at radius 2 is 1.22 bits per heavy atom. The van der Waals surface area contributed by atoms with Gasteiger partial charge < -0.3 is 28.4 Å². The molecule has 4 aromatic rings. The fourth-order valence-corrected chi connectivity index (χ4v) is 5.45. The molecule has 0 radical (unpaired) electrons. The molecular formula is C28H31BrO6S2. The van der Waals surface area contributed by atoms with Crippen LogP contribution in [0.25, 0.3) is 22.3 Å². The summed E-state index contributed by atoms with van der Waals surface area (Å²) in [6.07, 6.45) is 0. The molecule has 0 unspecified atom stereocenters. The van der Waals surface area contributed by atoms with Crippen molar-refractivity contribution in [3.8, 4) is 45.3 Å². The van der Waals surface area contributed by atoms with E-state index in [1.54, 1.807) is 36.9 Å². The van der Waals surface area contributed by atoms with Crippen molar-refractivity contribution in [1.29, 1.82) is 0 Å². The van der Waals surface area contributed by atoms with Crippen molar-refractivity contribution in [1.82, 2.24) is 0 Å². The van der Waals surface area contributed by atoms with Crippen molar-refractivity contribution >= 4 is 38.6 Å². The largest absolute Gasteiger partial charge is 0.496 e. The van der Waals surface area contributed by atoms with Crippen LogP contribution in [0, 0.1) is 0 Å². The van der Waals surface area contributed by atoms with Crippen molar-refractivity contribution in [3.05, 3.63) is 68.5 Å². The van der Waals surface area contributed by atoms with Gasteiger partial charge in [0.2, 0.25) is 0 Å². The van der Waals surface area contributed by atoms with Crippen LogP contribution in [-0.4, -0.2) is 41.0 Å². The van der Waals surface area contributed by atoms with Gasteiger partial charge in [-0.3, -0.25) is 0 Å². The van der Waals surface area contributed by atoms with Crippen molar-refractivity contribution < 1.29 is 28.4 Å². The number of ether oxygens (including phenoxy) is 6. The van der Waals surface area contributed by atoms with E-state index in [-0.39, 0.29) is 13.6 Å². The maximum atomic E-state index is 5.69. The first kappa shape index (κ1) is 29.0. The van der Waals surface area contributed by atoms with Gasteiger partial charge in [0.1, 0.15) is 21.0 Å². The van der Waals surface area contributed by atoms with Gasteiger partial charge in [0.25, 0.3) is 0 Å². The smallest absolute Gasteiger partial charge is 0.189 e. The average Bonchev–Trinajstić information content (AvgIpc) is 3.55. The van der Waals surface area contributed by atoms with E-state index in [0.717, 1.165) is 49.0 Å². The summed E-state index contributed by atoms with van der Waals surface area (Å²) in [6, 6.07) is 15.8. The monoisotopic (exact) mass is 606 g/mol. The Labute approximate surface area is 234 Å². The summed E-state index contributed by atoms with van der Waals surface area (Å²) in [5.41, 5.74) is 4.09. The molecule has 198 valence electrons. The van der Waals surface area contributed by atoms with Gasteiger partial charge in [0.15, 0.2) is 19.3 Å². The first-order valence-electron chi connectivity index (χ1n) is 11.7. The molecule has 0 aliphatic heterocycles. The van der Waals surface area contributed by atoms with Gasteiger partial charge in [-0.15, -0.1) is 22.7 Å². The summed E-state index contributed by atoms with van der Waals surface area (Å²) in [5, 5.41) is 6.07. The normalized spacial score (nSPS) is 10.4. The lowest BCUT2D eigenvalue weighted by atomic mass is 10.1. The highest BCUT2D eigenvalue weighted by molar-refractivity contribution is 9.11. The van der Waals surface area contributed by atoms with Crippen LogP contribution in [0.2, 0.25) is 0 Å². The Morgan fingerprint density at radius 1 is 0.649 bits per heavy atom. The van der Waals surface area contributed by atoms with Gasteiger partial charge in [0.05, 0.1) is 14.2 Å². The molecular weight excluding hydrogens is 576 g/mol. The Balaban J connectivity index is 0.000000206. The number of hydrogen-bond donors (Lipinski definition) is 0. The standard InChI is InChI=1S/C14H15BrO3S.C14H16O3S/c1-3-17-9-18-13-11(8-19-14(13)15)10-6-4-5-7-12(10)16-2;1-3-16-10-17-14-9-18-8-12(14)11-6-4-5-7-13(11)15-2/h4-8H,3,9H2,1-2H3;4-9H,3,10H2,1-2H3. The SMILES string of the molecule is CCOCOc1c(-c2ccccc2OC)csc1Br.CCOCOc1cscc1-c1ccccc1OC. The Morgan fingerprint density at radius 3 is 1.81 bits per heavy atom. The van der Waals surface area contributed by atoms with Crippen LogP contribution in [0.1, 0.15) is 13.8 Å². The second-order valence-corrected chi connectivity index (χ2v) is 10.3. The maximum Gasteiger partial charge on any atom is 0.189 e. The van der Waals surface area contributed by atoms with Gasteiger partial charge in [-0.2, -0.15) is 0 Å². The zero-order valence-electron chi connectivity index (χ0n) is 21.3. The molecule has 0 atom stereocenters. The van der Waals surface area contributed by atoms with Crippen LogP contribution in [0.15, 0.2) is 68.5 Å². The van der Waals surface area contributed by atoms with E-state index in [9.17, 15) is 0 Å². The topological polar surface area (TPSA) is 55.4 Å². The van der Waals surface area contributed by atoms with Crippen molar-refractivity contribution in [2.24, 2.45) is 0 Å². The summed E-state index contributed by atoms with van der Waals surface area (Å²) in [4.78, 5) is 0. The molecule has 0 aliphatic rings. The van der Waals surface area contributed by atoms with Gasteiger partial charge >= 0.3 is 0 Å². The number of para-hydroxylation sites is 2. The van der Waals surface area contributed by atoms with Crippen LogP contribution >= 0.6 is 38.6 Å². The number of thiophene rings is 2. The highest BCUT2D eigenvalue weighted by Gasteiger charge is 2.16. The van der Waals surface area contributed by atoms with Crippen LogP contribution in [0.4, 0.5) is 0 Å². The molecule has 37 heavy (non-hydrogen) atoms. The van der Waals surface area contributed by atoms with Gasteiger partial charge in [-0.25, -0.2) is 0 Å². The Bertz CT molecular complexity index is 1220. The third-order valence-electron chi connectivity index (χ3n) is 5.12. The quantitative estimate of drug-likeness (QED) is 0.119. The summed E-state index contributed by atoms with van der Waals surface area (Å²) in [6.45, 7) is 5.68. The molecule has 0 N–H and O–H groups in total. The number of halogens is 1. The third-order valence-corrected chi connectivity index (χ3v) is 7.51. The van der Waals surface area contributed by atoms with Gasteiger partial charge in [-0.1, -0.05) is 36.4 Å². The molecule has 9 heteroatoms. The van der Waals surface area contributed by atoms with Crippen LogP contribution in [0.5, 0.6) is 23.0 Å². The predicted octanol–water partition coefficient (Wildman–Crippen LogP) is 8.36. The van der Waals surface area contributed by atoms with Crippen LogP contribution in [0.3, 0.4) is 0 Å². The molecule has 4 rings (SSSR count). The van der Waals surface area contributed by atoms with E-state index < -0.39 is 0 Å². The molecule has 2 aromatic heterocycles. The van der Waals surface area contributed by atoms with E-state index >= 15 is 0 Å². The second-order valence-electron chi connectivity index (χ2n) is 7.31. The van der Waals surface area contributed by atoms with E-state index in [1.807, 2.05) is 73.1 Å². The molecule has 2 aromatic carbocycles. The van der Waals surface area contributed by atoms with Gasteiger partial charge in [-0.05, 0) is 41.9 Å². The van der Waals surface area contributed by atoms with E-state index in [2.05, 4.69) is 21.3 Å². The lowest BCUT2D eigenvalue weighted by molar-refractivity contribution is 0.0225. The lowest BCUT2D eigenvalue weighted by Gasteiger charge is -2.11. The fraction of sp³-hybridized carbons (Fsp3) is 0.286. The highest BCUT2D eigenvalue weighted by atomic mass is 79.9. The lowest BCUT2D eigenvalue weighted by Crippen LogP contribution is -2.02. The maximum absolute atomic E-state index is 5.69. The fourth-order valence-electron chi connectivity index (χ4n) is 3.34. The number of rotatable bonds is 12. The number of hydrogen-bond acceptors (Lipinski definition) is 8. The van der Waals surface area contributed by atoms with E-state index in [0.29, 0.717) is 13.2 Å². The molecule has 0 amide bonds. The Kier molecular flexibility index (Phi) is 12.3. The van der Waals surface area contributed by atoms with Crippen LogP contribution < -0.4 is 18.9 Å². The summed E-state index contributed by atoms with van der Waals surface area (Å²) in [5.74, 6) is 3.30. The molecule has 0 fully saturated rings. The third kappa shape index (κ3) is 7.96. The van der Waals surface area contributed by atoms with Crippen molar-refractivity contribution in [3.63, 3.8) is 0 Å². The molecule has 0 spiro atoms. The summed E-state index contributed by atoms with van der Waals surface area (Å²) in [7, 11) is 3.34. The molecule has 6 nitrogen and oxygen atoms in total. The summed E-state index contributed by atoms with van der Waals surface area (Å²) < 4.78 is 33.4. The first-order valence-corrected chi connectivity index (χ1v) is 14.3. The zero-order chi connectivity index (χ0) is 26.5. The highest BCUT2D eigenvalue weighted by Crippen LogP contribution is 2.44. The molecule has 0 bridgehead atoms. The molecule has 0 saturated carbocycles. The van der Waals surface area contributed by atoms with E-state index in [4.69, 9.17) is 28.4 Å². The minimum absolute atomic E-state index is 0.244. The number of methoxy groups -OCH3 is 2. The molecule has 2 heterocycles. The van der Waals surface area contributed by atoms with Crippen molar-refractivity contribution in [2.75, 3.05) is 41.0 Å². The minimum atomic E-state index is 0.244. The number of benzene rings is 2. The summed E-state index contributed by atoms with van der Waals surface area (Å²) >= 11 is 6.70. The van der Waals surface area contributed by atoms with Crippen molar-refractivity contribution in [2.45, 2.75) is 13.8 Å². The second kappa shape index (κ2) is 15.6. The van der Waals surface area contributed by atoms with Gasteiger partial charge in [0, 0.05) is 51.6 Å². The molecule has 0 saturated heterocycles. The Hall–Kier alpha value is -2.56. The average molecular weight is 608 g/mol. The minimum Gasteiger partial charge on any atom is -0.496 e. The van der Waals surface area contributed by atoms with E-state index in [1.165, 1.54) is 0 Å². The first-order chi connectivity index (χ1) is 18.1. The predicted molar refractivity (Wildman–Crippen MR) is 155 cm³/mol. The molecule has 0 aliphatic carbocycles. The zero-order valence-corrected chi connectivity index (χ0v) is 24.5.